The molecule has 1 aliphatic rings. The molecule has 0 spiro atoms. The molecule has 1 saturated heterocycles. The van der Waals surface area contributed by atoms with E-state index in [1.54, 1.807) is 0 Å². The van der Waals surface area contributed by atoms with Crippen LogP contribution in [-0.2, 0) is 16.1 Å². The summed E-state index contributed by atoms with van der Waals surface area (Å²) >= 11 is 0. The number of likely N-dealkylation sites (tertiary alicyclic amines) is 1. The van der Waals surface area contributed by atoms with Gasteiger partial charge < -0.3 is 9.84 Å². The molecule has 1 aromatic rings. The topological polar surface area (TPSA) is 49.8 Å². The number of carbonyl (C=O) groups is 1. The predicted molar refractivity (Wildman–Crippen MR) is 81.7 cm³/mol. The second kappa shape index (κ2) is 6.58. The van der Waals surface area contributed by atoms with Crippen LogP contribution in [0.25, 0.3) is 0 Å². The Labute approximate surface area is 126 Å². The average Bonchev–Trinajstić information content (AvgIpc) is 2.47. The van der Waals surface area contributed by atoms with Crippen LogP contribution in [0.2, 0.25) is 0 Å². The van der Waals surface area contributed by atoms with Gasteiger partial charge in [0.25, 0.3) is 0 Å². The Hall–Kier alpha value is -1.39. The van der Waals surface area contributed by atoms with Gasteiger partial charge in [-0.2, -0.15) is 0 Å². The summed E-state index contributed by atoms with van der Waals surface area (Å²) in [5.74, 6) is -0.276. The highest BCUT2D eigenvalue weighted by atomic mass is 16.5. The minimum Gasteiger partial charge on any atom is -0.469 e. The summed E-state index contributed by atoms with van der Waals surface area (Å²) in [6, 6.07) is 10.2. The molecule has 0 bridgehead atoms. The lowest BCUT2D eigenvalue weighted by Gasteiger charge is -2.44. The minimum absolute atomic E-state index is 0.0458. The fourth-order valence-corrected chi connectivity index (χ4v) is 3.14. The first-order chi connectivity index (χ1) is 9.91. The second-order valence-electron chi connectivity index (χ2n) is 6.37. The SMILES string of the molecule is COC(=O)C1CCN(Cc2ccccc2)C(C(C)(C)O)C1. The van der Waals surface area contributed by atoms with E-state index >= 15 is 0 Å². The van der Waals surface area contributed by atoms with Crippen molar-refractivity contribution in [2.45, 2.75) is 44.9 Å². The molecule has 0 radical (unpaired) electrons. The average molecular weight is 291 g/mol. The zero-order valence-electron chi connectivity index (χ0n) is 13.1. The van der Waals surface area contributed by atoms with Crippen molar-refractivity contribution < 1.29 is 14.6 Å². The van der Waals surface area contributed by atoms with Crippen molar-refractivity contribution in [3.63, 3.8) is 0 Å². The van der Waals surface area contributed by atoms with Crippen LogP contribution in [0.3, 0.4) is 0 Å². The lowest BCUT2D eigenvalue weighted by molar-refractivity contribution is -0.150. The fraction of sp³-hybridized carbons (Fsp3) is 0.588. The summed E-state index contributed by atoms with van der Waals surface area (Å²) in [6.45, 7) is 5.22. The summed E-state index contributed by atoms with van der Waals surface area (Å²) in [7, 11) is 1.43. The lowest BCUT2D eigenvalue weighted by Crippen LogP contribution is -2.54. The number of rotatable bonds is 4. The Kier molecular flexibility index (Phi) is 5.01. The Bertz CT molecular complexity index is 467. The molecule has 1 N–H and O–H groups in total. The molecule has 21 heavy (non-hydrogen) atoms. The van der Waals surface area contributed by atoms with Gasteiger partial charge in [0.15, 0.2) is 0 Å². The lowest BCUT2D eigenvalue weighted by atomic mass is 9.82. The predicted octanol–water partition coefficient (Wildman–Crippen LogP) is 2.21. The van der Waals surface area contributed by atoms with Gasteiger partial charge in [-0.1, -0.05) is 30.3 Å². The molecule has 116 valence electrons. The zero-order chi connectivity index (χ0) is 15.5. The molecule has 2 atom stereocenters. The molecule has 0 amide bonds. The standard InChI is InChI=1S/C17H25NO3/c1-17(2,20)15-11-14(16(19)21-3)9-10-18(15)12-13-7-5-4-6-8-13/h4-8,14-15,20H,9-12H2,1-3H3. The summed E-state index contributed by atoms with van der Waals surface area (Å²) in [5, 5.41) is 10.5. The Balaban J connectivity index is 2.12. The van der Waals surface area contributed by atoms with Gasteiger partial charge in [0.1, 0.15) is 0 Å². The van der Waals surface area contributed by atoms with E-state index in [1.807, 2.05) is 32.0 Å². The number of piperidine rings is 1. The Morgan fingerprint density at radius 1 is 1.38 bits per heavy atom. The van der Waals surface area contributed by atoms with E-state index in [-0.39, 0.29) is 17.9 Å². The molecule has 0 saturated carbocycles. The number of ether oxygens (including phenoxy) is 1. The van der Waals surface area contributed by atoms with Gasteiger partial charge in [0, 0.05) is 12.6 Å². The number of hydrogen-bond donors (Lipinski definition) is 1. The fourth-order valence-electron chi connectivity index (χ4n) is 3.14. The van der Waals surface area contributed by atoms with Crippen LogP contribution in [0.15, 0.2) is 30.3 Å². The summed E-state index contributed by atoms with van der Waals surface area (Å²) < 4.78 is 4.87. The van der Waals surface area contributed by atoms with E-state index < -0.39 is 5.60 Å². The van der Waals surface area contributed by atoms with Crippen molar-refractivity contribution in [3.8, 4) is 0 Å². The van der Waals surface area contributed by atoms with Crippen LogP contribution in [-0.4, -0.2) is 41.3 Å². The first-order valence-electron chi connectivity index (χ1n) is 7.50. The number of esters is 1. The molecule has 0 aromatic heterocycles. The van der Waals surface area contributed by atoms with Crippen LogP contribution in [0.4, 0.5) is 0 Å². The molecule has 1 aliphatic heterocycles. The molecule has 2 rings (SSSR count). The minimum atomic E-state index is -0.846. The van der Waals surface area contributed by atoms with Crippen molar-refractivity contribution in [3.05, 3.63) is 35.9 Å². The van der Waals surface area contributed by atoms with Crippen LogP contribution in [0, 0.1) is 5.92 Å². The van der Waals surface area contributed by atoms with Gasteiger partial charge in [-0.3, -0.25) is 9.69 Å². The van der Waals surface area contributed by atoms with Gasteiger partial charge >= 0.3 is 5.97 Å². The third-order valence-electron chi connectivity index (χ3n) is 4.29. The normalized spacial score (nSPS) is 23.8. The van der Waals surface area contributed by atoms with Crippen molar-refractivity contribution in [1.29, 1.82) is 0 Å². The highest BCUT2D eigenvalue weighted by Crippen LogP contribution is 2.31. The number of nitrogens with zero attached hydrogens (tertiary/aromatic N) is 1. The molecular weight excluding hydrogens is 266 g/mol. The monoisotopic (exact) mass is 291 g/mol. The first-order valence-corrected chi connectivity index (χ1v) is 7.50. The molecule has 1 fully saturated rings. The van der Waals surface area contributed by atoms with Crippen LogP contribution in [0.1, 0.15) is 32.3 Å². The van der Waals surface area contributed by atoms with Crippen LogP contribution in [0.5, 0.6) is 0 Å². The number of aliphatic hydroxyl groups is 1. The number of hydrogen-bond acceptors (Lipinski definition) is 4. The van der Waals surface area contributed by atoms with Crippen molar-refractivity contribution in [2.75, 3.05) is 13.7 Å². The van der Waals surface area contributed by atoms with E-state index in [0.717, 1.165) is 19.5 Å². The molecule has 4 heteroatoms. The van der Waals surface area contributed by atoms with Gasteiger partial charge in [-0.25, -0.2) is 0 Å². The highest BCUT2D eigenvalue weighted by Gasteiger charge is 2.40. The van der Waals surface area contributed by atoms with Crippen molar-refractivity contribution in [2.24, 2.45) is 5.92 Å². The maximum Gasteiger partial charge on any atom is 0.308 e. The molecular formula is C17H25NO3. The van der Waals surface area contributed by atoms with E-state index in [1.165, 1.54) is 12.7 Å². The van der Waals surface area contributed by atoms with E-state index in [9.17, 15) is 9.90 Å². The van der Waals surface area contributed by atoms with Crippen molar-refractivity contribution >= 4 is 5.97 Å². The smallest absolute Gasteiger partial charge is 0.308 e. The summed E-state index contributed by atoms with van der Waals surface area (Å²) in [6.07, 6.45) is 1.43. The maximum atomic E-state index is 11.8. The third kappa shape index (κ3) is 4.05. The van der Waals surface area contributed by atoms with Crippen LogP contribution < -0.4 is 0 Å². The number of carbonyl (C=O) groups excluding carboxylic acids is 1. The molecule has 1 heterocycles. The Morgan fingerprint density at radius 2 is 2.05 bits per heavy atom. The highest BCUT2D eigenvalue weighted by molar-refractivity contribution is 5.72. The molecule has 0 aliphatic carbocycles. The molecule has 4 nitrogen and oxygen atoms in total. The summed E-state index contributed by atoms with van der Waals surface area (Å²) in [5.41, 5.74) is 0.379. The maximum absolute atomic E-state index is 11.8. The van der Waals surface area contributed by atoms with Gasteiger partial charge in [-0.15, -0.1) is 0 Å². The van der Waals surface area contributed by atoms with Gasteiger partial charge in [0.05, 0.1) is 18.6 Å². The molecule has 2 unspecified atom stereocenters. The first kappa shape index (κ1) is 16.0. The third-order valence-corrected chi connectivity index (χ3v) is 4.29. The summed E-state index contributed by atoms with van der Waals surface area (Å²) in [4.78, 5) is 14.1. The van der Waals surface area contributed by atoms with Gasteiger partial charge in [-0.05, 0) is 38.8 Å². The number of methoxy groups -OCH3 is 1. The second-order valence-corrected chi connectivity index (χ2v) is 6.37. The van der Waals surface area contributed by atoms with Gasteiger partial charge in [0.2, 0.25) is 0 Å². The Morgan fingerprint density at radius 3 is 2.62 bits per heavy atom. The van der Waals surface area contributed by atoms with E-state index in [0.29, 0.717) is 6.42 Å². The van der Waals surface area contributed by atoms with E-state index in [4.69, 9.17) is 4.74 Å². The zero-order valence-corrected chi connectivity index (χ0v) is 13.1. The largest absolute Gasteiger partial charge is 0.469 e. The quantitative estimate of drug-likeness (QED) is 0.864. The van der Waals surface area contributed by atoms with Crippen molar-refractivity contribution in [1.82, 2.24) is 4.90 Å². The number of benzene rings is 1. The van der Waals surface area contributed by atoms with E-state index in [2.05, 4.69) is 17.0 Å². The molecule has 1 aromatic carbocycles. The van der Waals surface area contributed by atoms with Crippen LogP contribution >= 0.6 is 0 Å².